The van der Waals surface area contributed by atoms with Crippen LogP contribution in [0.25, 0.3) is 0 Å². The van der Waals surface area contributed by atoms with Crippen LogP contribution < -0.4 is 4.72 Å². The summed E-state index contributed by atoms with van der Waals surface area (Å²) in [5.74, 6) is 0. The number of benzene rings is 1. The molecule has 0 radical (unpaired) electrons. The van der Waals surface area contributed by atoms with Gasteiger partial charge in [-0.2, -0.15) is 0 Å². The molecule has 1 N–H and O–H groups in total. The molecular weight excluding hydrogens is 198 g/mol. The van der Waals surface area contributed by atoms with Gasteiger partial charge in [0.15, 0.2) is 0 Å². The molecular formula is C10H11NO2S. The van der Waals surface area contributed by atoms with Crippen molar-refractivity contribution in [3.8, 4) is 0 Å². The van der Waals surface area contributed by atoms with Crippen molar-refractivity contribution < 1.29 is 9.53 Å². The first kappa shape index (κ1) is 10.7. The van der Waals surface area contributed by atoms with Crippen molar-refractivity contribution in [1.29, 1.82) is 0 Å². The summed E-state index contributed by atoms with van der Waals surface area (Å²) < 4.78 is 7.27. The van der Waals surface area contributed by atoms with Gasteiger partial charge in [-0.1, -0.05) is 30.9 Å². The maximum Gasteiger partial charge on any atom is 0.417 e. The fourth-order valence-corrected chi connectivity index (χ4v) is 1.31. The van der Waals surface area contributed by atoms with E-state index in [1.54, 1.807) is 0 Å². The third kappa shape index (κ3) is 4.00. The molecule has 74 valence electrons. The summed E-state index contributed by atoms with van der Waals surface area (Å²) in [4.78, 5) is 11.9. The predicted molar refractivity (Wildman–Crippen MR) is 57.0 cm³/mol. The van der Waals surface area contributed by atoms with Gasteiger partial charge >= 0.3 is 6.09 Å². The van der Waals surface area contributed by atoms with Gasteiger partial charge < -0.3 is 4.74 Å². The second-order valence-corrected chi connectivity index (χ2v) is 3.28. The lowest BCUT2D eigenvalue weighted by Gasteiger charge is -2.03. The van der Waals surface area contributed by atoms with Gasteiger partial charge in [0, 0.05) is 4.90 Å². The first-order valence-corrected chi connectivity index (χ1v) is 4.90. The van der Waals surface area contributed by atoms with Crippen LogP contribution in [0.15, 0.2) is 47.9 Å². The molecule has 0 atom stereocenters. The molecule has 0 unspecified atom stereocenters. The van der Waals surface area contributed by atoms with Crippen molar-refractivity contribution in [3.63, 3.8) is 0 Å². The molecule has 0 spiro atoms. The largest absolute Gasteiger partial charge is 0.445 e. The molecule has 14 heavy (non-hydrogen) atoms. The van der Waals surface area contributed by atoms with Crippen LogP contribution in [0.3, 0.4) is 0 Å². The lowest BCUT2D eigenvalue weighted by atomic mass is 10.4. The van der Waals surface area contributed by atoms with E-state index in [0.29, 0.717) is 0 Å². The monoisotopic (exact) mass is 209 g/mol. The first-order valence-electron chi connectivity index (χ1n) is 4.08. The van der Waals surface area contributed by atoms with Crippen LogP contribution in [0.2, 0.25) is 0 Å². The van der Waals surface area contributed by atoms with Crippen molar-refractivity contribution in [3.05, 3.63) is 43.0 Å². The molecule has 0 heterocycles. The molecule has 1 aromatic carbocycles. The van der Waals surface area contributed by atoms with Gasteiger partial charge in [-0.3, -0.25) is 4.72 Å². The Morgan fingerprint density at radius 3 is 2.86 bits per heavy atom. The van der Waals surface area contributed by atoms with Crippen LogP contribution in [0.4, 0.5) is 4.79 Å². The molecule has 0 saturated carbocycles. The Hall–Kier alpha value is -1.42. The number of carbonyl (C=O) groups is 1. The highest BCUT2D eigenvalue weighted by Crippen LogP contribution is 2.12. The zero-order valence-corrected chi connectivity index (χ0v) is 8.42. The zero-order valence-electron chi connectivity index (χ0n) is 7.60. The molecule has 0 fully saturated rings. The quantitative estimate of drug-likeness (QED) is 0.612. The van der Waals surface area contributed by atoms with Crippen molar-refractivity contribution >= 4 is 18.0 Å². The predicted octanol–water partition coefficient (Wildman–Crippen LogP) is 2.61. The SMILES string of the molecule is C=CCOC(=O)NSc1ccccc1. The van der Waals surface area contributed by atoms with Crippen LogP contribution in [0.5, 0.6) is 0 Å². The Labute approximate surface area is 87.3 Å². The average molecular weight is 209 g/mol. The van der Waals surface area contributed by atoms with Crippen molar-refractivity contribution in [2.45, 2.75) is 4.90 Å². The van der Waals surface area contributed by atoms with Crippen molar-refractivity contribution in [2.24, 2.45) is 0 Å². The van der Waals surface area contributed by atoms with Crippen molar-refractivity contribution in [1.82, 2.24) is 4.72 Å². The summed E-state index contributed by atoms with van der Waals surface area (Å²) in [6.45, 7) is 3.66. The van der Waals surface area contributed by atoms with Gasteiger partial charge in [-0.15, -0.1) is 0 Å². The summed E-state index contributed by atoms with van der Waals surface area (Å²) in [7, 11) is 0. The molecule has 3 nitrogen and oxygen atoms in total. The highest BCUT2D eigenvalue weighted by atomic mass is 32.2. The van der Waals surface area contributed by atoms with E-state index in [9.17, 15) is 4.79 Å². The smallest absolute Gasteiger partial charge is 0.417 e. The number of amides is 1. The molecule has 1 rings (SSSR count). The Bertz CT molecular complexity index is 300. The lowest BCUT2D eigenvalue weighted by molar-refractivity contribution is 0.165. The number of carbonyl (C=O) groups excluding carboxylic acids is 1. The Kier molecular flexibility index (Phi) is 4.64. The molecule has 0 bridgehead atoms. The Balaban J connectivity index is 2.27. The average Bonchev–Trinajstić information content (AvgIpc) is 2.25. The van der Waals surface area contributed by atoms with E-state index in [2.05, 4.69) is 11.3 Å². The van der Waals surface area contributed by atoms with Crippen LogP contribution in [-0.2, 0) is 4.74 Å². The van der Waals surface area contributed by atoms with Gasteiger partial charge in [0.25, 0.3) is 0 Å². The van der Waals surface area contributed by atoms with Gasteiger partial charge in [0.1, 0.15) is 6.61 Å². The molecule has 0 aliphatic rings. The van der Waals surface area contributed by atoms with Crippen LogP contribution in [0, 0.1) is 0 Å². The van der Waals surface area contributed by atoms with E-state index in [-0.39, 0.29) is 6.61 Å². The third-order valence-electron chi connectivity index (χ3n) is 1.33. The standard InChI is InChI=1S/C10H11NO2S/c1-2-8-13-10(12)11-14-9-6-4-3-5-7-9/h2-7H,1,8H2,(H,11,12). The molecule has 0 aliphatic heterocycles. The van der Waals surface area contributed by atoms with Gasteiger partial charge in [-0.25, -0.2) is 4.79 Å². The number of hydrogen-bond acceptors (Lipinski definition) is 3. The summed E-state index contributed by atoms with van der Waals surface area (Å²) in [5.41, 5.74) is 0. The fourth-order valence-electron chi connectivity index (χ4n) is 0.753. The minimum atomic E-state index is -0.459. The molecule has 0 aromatic heterocycles. The van der Waals surface area contributed by atoms with E-state index in [4.69, 9.17) is 4.74 Å². The molecule has 4 heteroatoms. The van der Waals surface area contributed by atoms with Crippen molar-refractivity contribution in [2.75, 3.05) is 6.61 Å². The van der Waals surface area contributed by atoms with Gasteiger partial charge in [0.05, 0.1) is 0 Å². The first-order chi connectivity index (χ1) is 6.83. The van der Waals surface area contributed by atoms with Gasteiger partial charge in [-0.05, 0) is 24.1 Å². The third-order valence-corrected chi connectivity index (χ3v) is 2.10. The second kappa shape index (κ2) is 6.10. The van der Waals surface area contributed by atoms with Crippen LogP contribution >= 0.6 is 11.9 Å². The molecule has 1 aromatic rings. The number of rotatable bonds is 4. The summed E-state index contributed by atoms with van der Waals surface area (Å²) >= 11 is 1.22. The fraction of sp³-hybridized carbons (Fsp3) is 0.100. The van der Waals surface area contributed by atoms with Crippen LogP contribution in [0.1, 0.15) is 0 Å². The maximum absolute atomic E-state index is 11.0. The van der Waals surface area contributed by atoms with E-state index in [1.165, 1.54) is 18.0 Å². The number of hydrogen-bond donors (Lipinski definition) is 1. The van der Waals surface area contributed by atoms with Gasteiger partial charge in [0.2, 0.25) is 0 Å². The normalized spacial score (nSPS) is 9.14. The highest BCUT2D eigenvalue weighted by molar-refractivity contribution is 7.98. The highest BCUT2D eigenvalue weighted by Gasteiger charge is 2.00. The maximum atomic E-state index is 11.0. The lowest BCUT2D eigenvalue weighted by Crippen LogP contribution is -2.16. The zero-order chi connectivity index (χ0) is 10.2. The molecule has 1 amide bonds. The molecule has 0 saturated heterocycles. The minimum absolute atomic E-state index is 0.223. The summed E-state index contributed by atoms with van der Waals surface area (Å²) in [6.07, 6.45) is 1.06. The summed E-state index contributed by atoms with van der Waals surface area (Å²) in [5, 5.41) is 0. The topological polar surface area (TPSA) is 38.3 Å². The van der Waals surface area contributed by atoms with E-state index >= 15 is 0 Å². The number of nitrogens with one attached hydrogen (secondary N) is 1. The number of ether oxygens (including phenoxy) is 1. The minimum Gasteiger partial charge on any atom is -0.445 e. The summed E-state index contributed by atoms with van der Waals surface area (Å²) in [6, 6.07) is 9.52. The van der Waals surface area contributed by atoms with E-state index < -0.39 is 6.09 Å². The Morgan fingerprint density at radius 2 is 2.21 bits per heavy atom. The second-order valence-electron chi connectivity index (χ2n) is 2.40. The Morgan fingerprint density at radius 1 is 1.50 bits per heavy atom. The molecule has 0 aliphatic carbocycles. The van der Waals surface area contributed by atoms with Crippen LogP contribution in [-0.4, -0.2) is 12.7 Å². The van der Waals surface area contributed by atoms with E-state index in [0.717, 1.165) is 4.90 Å². The van der Waals surface area contributed by atoms with E-state index in [1.807, 2.05) is 30.3 Å².